The van der Waals surface area contributed by atoms with Crippen molar-refractivity contribution < 1.29 is 4.79 Å². The van der Waals surface area contributed by atoms with Crippen molar-refractivity contribution >= 4 is 23.5 Å². The molecule has 1 heterocycles. The molecular weight excluding hydrogens is 262 g/mol. The maximum atomic E-state index is 12.1. The van der Waals surface area contributed by atoms with Gasteiger partial charge in [-0.3, -0.25) is 15.1 Å². The molecule has 0 saturated carbocycles. The van der Waals surface area contributed by atoms with Crippen molar-refractivity contribution in [3.8, 4) is 0 Å². The smallest absolute Gasteiger partial charge is 0.256 e. The first-order valence-electron chi connectivity index (χ1n) is 6.32. The summed E-state index contributed by atoms with van der Waals surface area (Å²) in [6, 6.07) is 7.25. The lowest BCUT2D eigenvalue weighted by Gasteiger charge is -2.21. The monoisotopic (exact) mass is 279 g/mol. The van der Waals surface area contributed by atoms with Crippen LogP contribution in [0.2, 0.25) is 5.02 Å². The molecule has 4 nitrogen and oxygen atoms in total. The average molecular weight is 280 g/mol. The van der Waals surface area contributed by atoms with E-state index in [-0.39, 0.29) is 5.91 Å². The largest absolute Gasteiger partial charge is 0.338 e. The molecule has 2 rings (SSSR count). The van der Waals surface area contributed by atoms with E-state index in [1.807, 2.05) is 19.1 Å². The Morgan fingerprint density at radius 3 is 2.53 bits per heavy atom. The number of benzene rings is 1. The van der Waals surface area contributed by atoms with Crippen LogP contribution in [0.3, 0.4) is 0 Å². The molecule has 1 aromatic rings. The molecule has 1 aliphatic heterocycles. The Morgan fingerprint density at radius 2 is 1.95 bits per heavy atom. The van der Waals surface area contributed by atoms with Crippen LogP contribution < -0.4 is 10.6 Å². The first-order valence-corrected chi connectivity index (χ1v) is 6.70. The molecule has 0 aliphatic carbocycles. The van der Waals surface area contributed by atoms with Crippen LogP contribution in [0.1, 0.15) is 26.3 Å². The fraction of sp³-hybridized carbons (Fsp3) is 0.429. The standard InChI is InChI=1S/C14H18ClN3O/c1-9(2)8-16-13-17-12(19)14(3,18-13)10-4-6-11(15)7-5-10/h4-7,9H,8H2,1-3H3,(H2,16,17,18,19). The fourth-order valence-corrected chi connectivity index (χ4v) is 2.02. The molecule has 19 heavy (non-hydrogen) atoms. The lowest BCUT2D eigenvalue weighted by molar-refractivity contribution is -0.123. The highest BCUT2D eigenvalue weighted by molar-refractivity contribution is 6.30. The van der Waals surface area contributed by atoms with Crippen LogP contribution in [-0.2, 0) is 10.3 Å². The minimum atomic E-state index is -0.791. The van der Waals surface area contributed by atoms with Crippen molar-refractivity contribution in [1.82, 2.24) is 10.6 Å². The molecule has 1 unspecified atom stereocenters. The number of halogens is 1. The number of carbonyl (C=O) groups excluding carboxylic acids is 1. The summed E-state index contributed by atoms with van der Waals surface area (Å²) >= 11 is 5.87. The van der Waals surface area contributed by atoms with Gasteiger partial charge in [0.1, 0.15) is 5.54 Å². The Morgan fingerprint density at radius 1 is 1.32 bits per heavy atom. The third kappa shape index (κ3) is 2.89. The highest BCUT2D eigenvalue weighted by Crippen LogP contribution is 2.25. The van der Waals surface area contributed by atoms with E-state index in [1.54, 1.807) is 12.1 Å². The molecule has 1 aliphatic rings. The third-order valence-electron chi connectivity index (χ3n) is 3.09. The lowest BCUT2D eigenvalue weighted by Crippen LogP contribution is -2.40. The van der Waals surface area contributed by atoms with E-state index in [2.05, 4.69) is 29.5 Å². The molecule has 2 N–H and O–H groups in total. The van der Waals surface area contributed by atoms with E-state index in [1.165, 1.54) is 0 Å². The van der Waals surface area contributed by atoms with Crippen molar-refractivity contribution in [2.75, 3.05) is 6.54 Å². The van der Waals surface area contributed by atoms with Gasteiger partial charge in [0.25, 0.3) is 5.91 Å². The van der Waals surface area contributed by atoms with Crippen LogP contribution in [0.15, 0.2) is 29.3 Å². The summed E-state index contributed by atoms with van der Waals surface area (Å²) in [7, 11) is 0. The second kappa shape index (κ2) is 5.21. The van der Waals surface area contributed by atoms with Crippen LogP contribution >= 0.6 is 11.6 Å². The summed E-state index contributed by atoms with van der Waals surface area (Å²) in [5.41, 5.74) is 0.0737. The van der Waals surface area contributed by atoms with Crippen molar-refractivity contribution in [1.29, 1.82) is 0 Å². The van der Waals surface area contributed by atoms with Gasteiger partial charge in [-0.1, -0.05) is 37.6 Å². The number of carbonyl (C=O) groups is 1. The number of hydrogen-bond donors (Lipinski definition) is 2. The SMILES string of the molecule is CC(C)CN=C1NC(=O)C(C)(c2ccc(Cl)cc2)N1. The van der Waals surface area contributed by atoms with Crippen molar-refractivity contribution in [2.24, 2.45) is 10.9 Å². The molecule has 1 amide bonds. The Balaban J connectivity index is 2.22. The lowest BCUT2D eigenvalue weighted by atomic mass is 9.92. The molecule has 1 aromatic carbocycles. The molecule has 0 bridgehead atoms. The summed E-state index contributed by atoms with van der Waals surface area (Å²) in [6.07, 6.45) is 0. The van der Waals surface area contributed by atoms with E-state index in [9.17, 15) is 4.79 Å². The molecule has 0 radical (unpaired) electrons. The Hall–Kier alpha value is -1.55. The number of guanidine groups is 1. The van der Waals surface area contributed by atoms with Gasteiger partial charge >= 0.3 is 0 Å². The zero-order valence-electron chi connectivity index (χ0n) is 11.3. The van der Waals surface area contributed by atoms with Crippen LogP contribution in [0.25, 0.3) is 0 Å². The minimum absolute atomic E-state index is 0.0997. The highest BCUT2D eigenvalue weighted by atomic mass is 35.5. The van der Waals surface area contributed by atoms with Crippen molar-refractivity contribution in [3.63, 3.8) is 0 Å². The first kappa shape index (κ1) is 13.9. The molecule has 1 fully saturated rings. The van der Waals surface area contributed by atoms with Crippen LogP contribution in [0.4, 0.5) is 0 Å². The van der Waals surface area contributed by atoms with Gasteiger partial charge in [0, 0.05) is 11.6 Å². The Bertz CT molecular complexity index is 510. The van der Waals surface area contributed by atoms with Gasteiger partial charge in [-0.05, 0) is 30.5 Å². The third-order valence-corrected chi connectivity index (χ3v) is 3.34. The number of rotatable bonds is 3. The summed E-state index contributed by atoms with van der Waals surface area (Å²) in [5.74, 6) is 0.891. The van der Waals surface area contributed by atoms with Gasteiger partial charge < -0.3 is 5.32 Å². The summed E-state index contributed by atoms with van der Waals surface area (Å²) in [4.78, 5) is 16.5. The second-order valence-corrected chi connectivity index (χ2v) is 5.73. The Kier molecular flexibility index (Phi) is 3.80. The predicted molar refractivity (Wildman–Crippen MR) is 77.2 cm³/mol. The van der Waals surface area contributed by atoms with Gasteiger partial charge in [-0.25, -0.2) is 0 Å². The second-order valence-electron chi connectivity index (χ2n) is 5.29. The molecule has 102 valence electrons. The van der Waals surface area contributed by atoms with E-state index in [4.69, 9.17) is 11.6 Å². The summed E-state index contributed by atoms with van der Waals surface area (Å²) in [6.45, 7) is 6.68. The number of nitrogens with one attached hydrogen (secondary N) is 2. The number of nitrogens with zero attached hydrogens (tertiary/aromatic N) is 1. The van der Waals surface area contributed by atoms with E-state index in [0.717, 1.165) is 5.56 Å². The average Bonchev–Trinajstić information content (AvgIpc) is 2.64. The maximum Gasteiger partial charge on any atom is 0.256 e. The fourth-order valence-electron chi connectivity index (χ4n) is 1.90. The van der Waals surface area contributed by atoms with Crippen molar-refractivity contribution in [3.05, 3.63) is 34.9 Å². The molecule has 5 heteroatoms. The van der Waals surface area contributed by atoms with Crippen LogP contribution in [-0.4, -0.2) is 18.4 Å². The normalized spacial score (nSPS) is 24.7. The topological polar surface area (TPSA) is 53.5 Å². The van der Waals surface area contributed by atoms with Gasteiger partial charge in [0.2, 0.25) is 0 Å². The van der Waals surface area contributed by atoms with Gasteiger partial charge in [-0.2, -0.15) is 0 Å². The summed E-state index contributed by atoms with van der Waals surface area (Å²) in [5, 5.41) is 6.59. The minimum Gasteiger partial charge on any atom is -0.338 e. The van der Waals surface area contributed by atoms with Gasteiger partial charge in [-0.15, -0.1) is 0 Å². The first-order chi connectivity index (χ1) is 8.91. The molecular formula is C14H18ClN3O. The van der Waals surface area contributed by atoms with E-state index >= 15 is 0 Å². The van der Waals surface area contributed by atoms with Crippen molar-refractivity contribution in [2.45, 2.75) is 26.3 Å². The number of amides is 1. The zero-order valence-corrected chi connectivity index (χ0v) is 12.1. The quantitative estimate of drug-likeness (QED) is 0.892. The molecule has 1 atom stereocenters. The van der Waals surface area contributed by atoms with E-state index in [0.29, 0.717) is 23.4 Å². The zero-order chi connectivity index (χ0) is 14.0. The molecule has 1 saturated heterocycles. The summed E-state index contributed by atoms with van der Waals surface area (Å²) < 4.78 is 0. The molecule has 0 aromatic heterocycles. The van der Waals surface area contributed by atoms with Crippen LogP contribution in [0, 0.1) is 5.92 Å². The molecule has 0 spiro atoms. The maximum absolute atomic E-state index is 12.1. The van der Waals surface area contributed by atoms with Gasteiger partial charge in [0.15, 0.2) is 5.96 Å². The van der Waals surface area contributed by atoms with Crippen LogP contribution in [0.5, 0.6) is 0 Å². The van der Waals surface area contributed by atoms with Gasteiger partial charge in [0.05, 0.1) is 0 Å². The van der Waals surface area contributed by atoms with E-state index < -0.39 is 5.54 Å². The Labute approximate surface area is 118 Å². The number of aliphatic imine (C=N–C) groups is 1. The number of hydrogen-bond acceptors (Lipinski definition) is 2. The predicted octanol–water partition coefficient (Wildman–Crippen LogP) is 2.29. The highest BCUT2D eigenvalue weighted by Gasteiger charge is 2.42.